The van der Waals surface area contributed by atoms with Crippen molar-refractivity contribution in [3.8, 4) is 0 Å². The van der Waals surface area contributed by atoms with Gasteiger partial charge in [0.2, 0.25) is 11.8 Å². The molecular formula is C16H17ClN2O3. The molecular weight excluding hydrogens is 304 g/mol. The normalized spacial score (nSPS) is 11.0. The van der Waals surface area contributed by atoms with Crippen LogP contribution in [-0.4, -0.2) is 11.8 Å². The lowest BCUT2D eigenvalue weighted by molar-refractivity contribution is -0.138. The van der Waals surface area contributed by atoms with Crippen LogP contribution in [0.25, 0.3) is 0 Å². The molecule has 0 unspecified atom stereocenters. The number of amides is 2. The Labute approximate surface area is 133 Å². The minimum atomic E-state index is -1.24. The zero-order valence-electron chi connectivity index (χ0n) is 12.4. The molecule has 22 heavy (non-hydrogen) atoms. The molecule has 0 aliphatic heterocycles. The van der Waals surface area contributed by atoms with E-state index in [1.54, 1.807) is 50.2 Å². The van der Waals surface area contributed by atoms with Gasteiger partial charge in [-0.05, 0) is 38.1 Å². The number of carbonyl (C=O) groups excluding carboxylic acids is 2. The highest BCUT2D eigenvalue weighted by Gasteiger charge is 2.36. The van der Waals surface area contributed by atoms with Gasteiger partial charge in [0.25, 0.3) is 0 Å². The average molecular weight is 321 g/mol. The predicted molar refractivity (Wildman–Crippen MR) is 84.4 cm³/mol. The van der Waals surface area contributed by atoms with E-state index in [2.05, 4.69) is 10.6 Å². The van der Waals surface area contributed by atoms with Gasteiger partial charge >= 0.3 is 0 Å². The van der Waals surface area contributed by atoms with Crippen LogP contribution in [0.2, 0.25) is 5.02 Å². The van der Waals surface area contributed by atoms with Crippen molar-refractivity contribution in [2.24, 2.45) is 5.41 Å². The Balaban J connectivity index is 2.00. The third-order valence-corrected chi connectivity index (χ3v) is 3.59. The van der Waals surface area contributed by atoms with Gasteiger partial charge in [-0.3, -0.25) is 9.59 Å². The van der Waals surface area contributed by atoms with Crippen molar-refractivity contribution < 1.29 is 14.0 Å². The van der Waals surface area contributed by atoms with E-state index >= 15 is 0 Å². The van der Waals surface area contributed by atoms with Crippen LogP contribution in [0.15, 0.2) is 47.1 Å². The molecule has 1 heterocycles. The molecule has 0 aliphatic rings. The largest absolute Gasteiger partial charge is 0.467 e. The lowest BCUT2D eigenvalue weighted by Gasteiger charge is -2.22. The summed E-state index contributed by atoms with van der Waals surface area (Å²) in [5.41, 5.74) is -0.771. The summed E-state index contributed by atoms with van der Waals surface area (Å²) in [5.74, 6) is -0.207. The van der Waals surface area contributed by atoms with Crippen molar-refractivity contribution in [3.63, 3.8) is 0 Å². The fourth-order valence-corrected chi connectivity index (χ4v) is 1.93. The molecule has 0 saturated heterocycles. The molecule has 0 bridgehead atoms. The summed E-state index contributed by atoms with van der Waals surface area (Å²) < 4.78 is 5.14. The van der Waals surface area contributed by atoms with E-state index in [0.29, 0.717) is 16.5 Å². The molecule has 5 nitrogen and oxygen atoms in total. The van der Waals surface area contributed by atoms with Crippen molar-refractivity contribution in [1.29, 1.82) is 0 Å². The second kappa shape index (κ2) is 6.66. The zero-order chi connectivity index (χ0) is 16.2. The van der Waals surface area contributed by atoms with Crippen LogP contribution in [0, 0.1) is 5.41 Å². The fraction of sp³-hybridized carbons (Fsp3) is 0.250. The Kier molecular flexibility index (Phi) is 4.88. The van der Waals surface area contributed by atoms with Crippen molar-refractivity contribution >= 4 is 29.1 Å². The molecule has 1 aromatic heterocycles. The number of carbonyl (C=O) groups is 2. The van der Waals surface area contributed by atoms with Gasteiger partial charge in [-0.2, -0.15) is 0 Å². The second-order valence-electron chi connectivity index (χ2n) is 5.32. The molecule has 2 N–H and O–H groups in total. The van der Waals surface area contributed by atoms with Crippen LogP contribution in [0.4, 0.5) is 5.69 Å². The van der Waals surface area contributed by atoms with E-state index < -0.39 is 17.2 Å². The number of nitrogens with one attached hydrogen (secondary N) is 2. The molecule has 2 aromatic rings. The molecule has 116 valence electrons. The average Bonchev–Trinajstić information content (AvgIpc) is 3.00. The van der Waals surface area contributed by atoms with Gasteiger partial charge in [0.05, 0.1) is 23.5 Å². The van der Waals surface area contributed by atoms with Crippen molar-refractivity contribution in [2.45, 2.75) is 20.4 Å². The van der Waals surface area contributed by atoms with E-state index in [0.717, 1.165) is 0 Å². The maximum atomic E-state index is 12.3. The molecule has 0 fully saturated rings. The van der Waals surface area contributed by atoms with Gasteiger partial charge in [-0.1, -0.05) is 23.7 Å². The summed E-state index contributed by atoms with van der Waals surface area (Å²) in [4.78, 5) is 24.6. The fourth-order valence-electron chi connectivity index (χ4n) is 1.75. The Morgan fingerprint density at radius 2 is 1.86 bits per heavy atom. The summed E-state index contributed by atoms with van der Waals surface area (Å²) >= 11 is 6.00. The number of hydrogen-bond acceptors (Lipinski definition) is 3. The number of benzene rings is 1. The van der Waals surface area contributed by atoms with Crippen LogP contribution in [-0.2, 0) is 16.1 Å². The quantitative estimate of drug-likeness (QED) is 0.831. The van der Waals surface area contributed by atoms with Gasteiger partial charge < -0.3 is 15.1 Å². The summed E-state index contributed by atoms with van der Waals surface area (Å²) in [6, 6.07) is 10.3. The lowest BCUT2D eigenvalue weighted by Crippen LogP contribution is -2.44. The van der Waals surface area contributed by atoms with E-state index in [1.807, 2.05) is 0 Å². The number of hydrogen-bond donors (Lipinski definition) is 2. The minimum Gasteiger partial charge on any atom is -0.467 e. The molecule has 2 amide bonds. The van der Waals surface area contributed by atoms with Crippen LogP contribution in [0.3, 0.4) is 0 Å². The Morgan fingerprint density at radius 1 is 1.14 bits per heavy atom. The summed E-state index contributed by atoms with van der Waals surface area (Å²) in [6.45, 7) is 3.34. The van der Waals surface area contributed by atoms with Crippen molar-refractivity contribution in [2.75, 3.05) is 5.32 Å². The third-order valence-electron chi connectivity index (χ3n) is 3.26. The molecule has 0 atom stereocenters. The Hall–Kier alpha value is -2.27. The Morgan fingerprint density at radius 3 is 2.50 bits per heavy atom. The van der Waals surface area contributed by atoms with Crippen LogP contribution in [0.5, 0.6) is 0 Å². The van der Waals surface area contributed by atoms with Crippen molar-refractivity contribution in [1.82, 2.24) is 5.32 Å². The van der Waals surface area contributed by atoms with Gasteiger partial charge in [0.1, 0.15) is 11.2 Å². The van der Waals surface area contributed by atoms with E-state index in [4.69, 9.17) is 16.0 Å². The van der Waals surface area contributed by atoms with Gasteiger partial charge in [0.15, 0.2) is 0 Å². The van der Waals surface area contributed by atoms with E-state index in [9.17, 15) is 9.59 Å². The molecule has 0 radical (unpaired) electrons. The van der Waals surface area contributed by atoms with Crippen molar-refractivity contribution in [3.05, 3.63) is 53.4 Å². The predicted octanol–water partition coefficient (Wildman–Crippen LogP) is 3.21. The first-order chi connectivity index (χ1) is 10.4. The maximum absolute atomic E-state index is 12.3. The molecule has 1 aromatic carbocycles. The summed E-state index contributed by atoms with van der Waals surface area (Å²) in [5, 5.41) is 5.77. The highest BCUT2D eigenvalue weighted by Crippen LogP contribution is 2.24. The SMILES string of the molecule is CC(C)(C(=O)NCc1ccco1)C(=O)Nc1ccccc1Cl. The topological polar surface area (TPSA) is 71.3 Å². The smallest absolute Gasteiger partial charge is 0.239 e. The summed E-state index contributed by atoms with van der Waals surface area (Å²) in [7, 11) is 0. The number of furan rings is 1. The standard InChI is InChI=1S/C16H17ClN2O3/c1-16(2,14(20)18-10-11-6-5-9-22-11)15(21)19-13-8-4-3-7-12(13)17/h3-9H,10H2,1-2H3,(H,18,20)(H,19,21). The molecule has 6 heteroatoms. The minimum absolute atomic E-state index is 0.231. The first kappa shape index (κ1) is 16.1. The van der Waals surface area contributed by atoms with Crippen LogP contribution in [0.1, 0.15) is 19.6 Å². The van der Waals surface area contributed by atoms with Gasteiger partial charge in [-0.25, -0.2) is 0 Å². The molecule has 2 rings (SSSR count). The van der Waals surface area contributed by atoms with Crippen LogP contribution < -0.4 is 10.6 Å². The maximum Gasteiger partial charge on any atom is 0.239 e. The zero-order valence-corrected chi connectivity index (χ0v) is 13.1. The monoisotopic (exact) mass is 320 g/mol. The second-order valence-corrected chi connectivity index (χ2v) is 5.73. The lowest BCUT2D eigenvalue weighted by atomic mass is 9.91. The van der Waals surface area contributed by atoms with Crippen LogP contribution >= 0.6 is 11.6 Å². The van der Waals surface area contributed by atoms with E-state index in [-0.39, 0.29) is 6.54 Å². The number of rotatable bonds is 5. The van der Waals surface area contributed by atoms with E-state index in [1.165, 1.54) is 6.26 Å². The highest BCUT2D eigenvalue weighted by molar-refractivity contribution is 6.33. The first-order valence-corrected chi connectivity index (χ1v) is 7.15. The molecule has 0 spiro atoms. The Bertz CT molecular complexity index is 666. The first-order valence-electron chi connectivity index (χ1n) is 6.78. The number of halogens is 1. The number of para-hydroxylation sites is 1. The molecule has 0 aliphatic carbocycles. The highest BCUT2D eigenvalue weighted by atomic mass is 35.5. The summed E-state index contributed by atoms with van der Waals surface area (Å²) in [6.07, 6.45) is 1.52. The van der Waals surface area contributed by atoms with Gasteiger partial charge in [0, 0.05) is 0 Å². The van der Waals surface area contributed by atoms with Gasteiger partial charge in [-0.15, -0.1) is 0 Å². The third kappa shape index (κ3) is 3.68. The molecule has 0 saturated carbocycles. The number of anilines is 1.